The summed E-state index contributed by atoms with van der Waals surface area (Å²) in [4.78, 5) is 29.6. The summed E-state index contributed by atoms with van der Waals surface area (Å²) >= 11 is 0. The van der Waals surface area contributed by atoms with E-state index in [1.807, 2.05) is 34.1 Å². The number of aromatic nitrogens is 2. The van der Waals surface area contributed by atoms with E-state index in [-0.39, 0.29) is 17.2 Å². The number of unbranched alkanes of at least 4 members (excludes halogenated alkanes) is 1. The van der Waals surface area contributed by atoms with E-state index in [2.05, 4.69) is 12.0 Å². The van der Waals surface area contributed by atoms with Crippen molar-refractivity contribution in [2.75, 3.05) is 26.2 Å². The monoisotopic (exact) mass is 368 g/mol. The number of nitrogens with zero attached hydrogens (tertiary/aromatic N) is 4. The lowest BCUT2D eigenvalue weighted by atomic mass is 9.73. The van der Waals surface area contributed by atoms with E-state index >= 15 is 0 Å². The lowest BCUT2D eigenvalue weighted by Gasteiger charge is -2.48. The highest BCUT2D eigenvalue weighted by Crippen LogP contribution is 2.39. The molecule has 2 amide bonds. The molecule has 4 heterocycles. The fraction of sp³-hybridized carbons (Fsp3) is 0.571. The van der Waals surface area contributed by atoms with E-state index in [0.29, 0.717) is 12.1 Å². The first-order valence-corrected chi connectivity index (χ1v) is 10.1. The highest BCUT2D eigenvalue weighted by molar-refractivity contribution is 5.93. The van der Waals surface area contributed by atoms with Gasteiger partial charge in [0.2, 0.25) is 5.91 Å². The van der Waals surface area contributed by atoms with Crippen LogP contribution < -0.4 is 0 Å². The Hall–Kier alpha value is -2.37. The summed E-state index contributed by atoms with van der Waals surface area (Å²) in [5, 5.41) is 4.31. The first kappa shape index (κ1) is 18.0. The third-order valence-corrected chi connectivity index (χ3v) is 6.12. The topological polar surface area (TPSA) is 57.9 Å². The Morgan fingerprint density at radius 3 is 2.96 bits per heavy atom. The van der Waals surface area contributed by atoms with Crippen molar-refractivity contribution in [1.82, 2.24) is 19.4 Å². The lowest BCUT2D eigenvalue weighted by Crippen LogP contribution is -2.55. The Labute approximate surface area is 160 Å². The fourth-order valence-electron chi connectivity index (χ4n) is 4.64. The number of carbonyl (C=O) groups excluding carboxylic acids is 2. The quantitative estimate of drug-likeness (QED) is 0.834. The number of hydrogen-bond donors (Lipinski definition) is 0. The lowest BCUT2D eigenvalue weighted by molar-refractivity contribution is -0.139. The van der Waals surface area contributed by atoms with Crippen molar-refractivity contribution in [2.45, 2.75) is 45.4 Å². The smallest absolute Gasteiger partial charge is 0.272 e. The Morgan fingerprint density at radius 1 is 1.22 bits per heavy atom. The summed E-state index contributed by atoms with van der Waals surface area (Å²) in [6, 6.07) is 7.63. The molecule has 6 heteroatoms. The first-order valence-electron chi connectivity index (χ1n) is 10.1. The Bertz CT molecular complexity index is 846. The molecule has 6 nitrogen and oxygen atoms in total. The van der Waals surface area contributed by atoms with Gasteiger partial charge >= 0.3 is 0 Å². The van der Waals surface area contributed by atoms with Crippen LogP contribution in [0.15, 0.2) is 30.5 Å². The molecule has 2 fully saturated rings. The third-order valence-electron chi connectivity index (χ3n) is 6.12. The Balaban J connectivity index is 1.53. The summed E-state index contributed by atoms with van der Waals surface area (Å²) < 4.78 is 1.72. The van der Waals surface area contributed by atoms with Crippen LogP contribution >= 0.6 is 0 Å². The van der Waals surface area contributed by atoms with Crippen LogP contribution in [0, 0.1) is 5.41 Å². The van der Waals surface area contributed by atoms with Crippen LogP contribution in [0.3, 0.4) is 0 Å². The van der Waals surface area contributed by atoms with Crippen LogP contribution in [0.4, 0.5) is 0 Å². The van der Waals surface area contributed by atoms with Crippen LogP contribution in [0.2, 0.25) is 0 Å². The molecule has 0 N–H and O–H groups in total. The zero-order valence-corrected chi connectivity index (χ0v) is 16.1. The second kappa shape index (κ2) is 7.33. The zero-order valence-electron chi connectivity index (χ0n) is 16.1. The van der Waals surface area contributed by atoms with Crippen molar-refractivity contribution >= 4 is 17.3 Å². The van der Waals surface area contributed by atoms with Crippen molar-refractivity contribution in [2.24, 2.45) is 5.41 Å². The molecule has 2 aliphatic heterocycles. The molecule has 0 bridgehead atoms. The fourth-order valence-corrected chi connectivity index (χ4v) is 4.64. The average Bonchev–Trinajstić information content (AvgIpc) is 3.17. The van der Waals surface area contributed by atoms with Gasteiger partial charge in [-0.1, -0.05) is 19.4 Å². The maximum absolute atomic E-state index is 13.2. The van der Waals surface area contributed by atoms with E-state index in [0.717, 1.165) is 63.8 Å². The van der Waals surface area contributed by atoms with Crippen molar-refractivity contribution in [1.29, 1.82) is 0 Å². The molecular formula is C21H28N4O2. The van der Waals surface area contributed by atoms with Gasteiger partial charge in [-0.2, -0.15) is 5.10 Å². The van der Waals surface area contributed by atoms with Gasteiger partial charge in [-0.3, -0.25) is 9.59 Å². The van der Waals surface area contributed by atoms with E-state index in [4.69, 9.17) is 0 Å². The summed E-state index contributed by atoms with van der Waals surface area (Å²) in [7, 11) is 0. The van der Waals surface area contributed by atoms with Gasteiger partial charge in [-0.05, 0) is 43.9 Å². The SMILES string of the molecule is CCCCN1C[C@]2(CCCN(C(=O)c3cccc4ccnn34)C2)CCC1=O. The molecule has 144 valence electrons. The first-order chi connectivity index (χ1) is 13.1. The number of carbonyl (C=O) groups is 2. The Morgan fingerprint density at radius 2 is 2.11 bits per heavy atom. The zero-order chi connectivity index (χ0) is 18.9. The van der Waals surface area contributed by atoms with Gasteiger partial charge in [-0.15, -0.1) is 0 Å². The van der Waals surface area contributed by atoms with Crippen molar-refractivity contribution in [3.05, 3.63) is 36.2 Å². The maximum Gasteiger partial charge on any atom is 0.272 e. The number of hydrogen-bond acceptors (Lipinski definition) is 3. The second-order valence-corrected chi connectivity index (χ2v) is 8.08. The number of amides is 2. The van der Waals surface area contributed by atoms with Crippen LogP contribution in [-0.4, -0.2) is 57.4 Å². The summed E-state index contributed by atoms with van der Waals surface area (Å²) in [5.74, 6) is 0.319. The normalized spacial score (nSPS) is 23.4. The standard InChI is InChI=1S/C21H28N4O2/c1-2-3-13-23-15-21(11-8-19(23)26)10-5-14-24(16-21)20(27)18-7-4-6-17-9-12-22-25(17)18/h4,6-7,9,12H,2-3,5,8,10-11,13-16H2,1H3/t21-/m0/s1. The molecule has 4 rings (SSSR count). The molecule has 2 saturated heterocycles. The van der Waals surface area contributed by atoms with Crippen LogP contribution in [-0.2, 0) is 4.79 Å². The van der Waals surface area contributed by atoms with Gasteiger partial charge in [-0.25, -0.2) is 4.52 Å². The molecule has 0 unspecified atom stereocenters. The minimum atomic E-state index is 0.0420. The number of rotatable bonds is 4. The van der Waals surface area contributed by atoms with Gasteiger partial charge in [0, 0.05) is 38.0 Å². The van der Waals surface area contributed by atoms with Gasteiger partial charge < -0.3 is 9.80 Å². The summed E-state index contributed by atoms with van der Waals surface area (Å²) in [6.07, 6.45) is 7.46. The molecule has 2 aliphatic rings. The summed E-state index contributed by atoms with van der Waals surface area (Å²) in [5.41, 5.74) is 1.60. The van der Waals surface area contributed by atoms with Crippen LogP contribution in [0.1, 0.15) is 55.9 Å². The third kappa shape index (κ3) is 3.45. The Kier molecular flexibility index (Phi) is 4.89. The van der Waals surface area contributed by atoms with Crippen LogP contribution in [0.25, 0.3) is 5.52 Å². The average molecular weight is 368 g/mol. The predicted molar refractivity (Wildman–Crippen MR) is 103 cm³/mol. The number of piperidine rings is 2. The second-order valence-electron chi connectivity index (χ2n) is 8.08. The molecule has 1 atom stereocenters. The van der Waals surface area contributed by atoms with E-state index in [1.165, 1.54) is 0 Å². The van der Waals surface area contributed by atoms with Crippen LogP contribution in [0.5, 0.6) is 0 Å². The van der Waals surface area contributed by atoms with Crippen molar-refractivity contribution in [3.8, 4) is 0 Å². The minimum Gasteiger partial charge on any atom is -0.342 e. The summed E-state index contributed by atoms with van der Waals surface area (Å²) in [6.45, 7) is 5.31. The molecule has 0 aromatic carbocycles. The highest BCUT2D eigenvalue weighted by Gasteiger charge is 2.42. The van der Waals surface area contributed by atoms with Crippen molar-refractivity contribution < 1.29 is 9.59 Å². The molecule has 2 aromatic rings. The van der Waals surface area contributed by atoms with Gasteiger partial charge in [0.25, 0.3) is 5.91 Å². The molecule has 0 saturated carbocycles. The van der Waals surface area contributed by atoms with Crippen molar-refractivity contribution in [3.63, 3.8) is 0 Å². The number of likely N-dealkylation sites (tertiary alicyclic amines) is 2. The minimum absolute atomic E-state index is 0.0420. The molecule has 1 spiro atoms. The van der Waals surface area contributed by atoms with Gasteiger partial charge in [0.15, 0.2) is 0 Å². The predicted octanol–water partition coefficient (Wildman–Crippen LogP) is 2.98. The van der Waals surface area contributed by atoms with E-state index < -0.39 is 0 Å². The van der Waals surface area contributed by atoms with Gasteiger partial charge in [0.1, 0.15) is 5.69 Å². The molecule has 2 aromatic heterocycles. The molecule has 0 radical (unpaired) electrons. The highest BCUT2D eigenvalue weighted by atomic mass is 16.2. The van der Waals surface area contributed by atoms with Gasteiger partial charge in [0.05, 0.1) is 11.7 Å². The van der Waals surface area contributed by atoms with E-state index in [9.17, 15) is 9.59 Å². The largest absolute Gasteiger partial charge is 0.342 e. The number of pyridine rings is 1. The molecule has 27 heavy (non-hydrogen) atoms. The molecular weight excluding hydrogens is 340 g/mol. The van der Waals surface area contributed by atoms with E-state index in [1.54, 1.807) is 10.7 Å². The molecule has 0 aliphatic carbocycles. The maximum atomic E-state index is 13.2. The number of fused-ring (bicyclic) bond motifs is 1.